The van der Waals surface area contributed by atoms with Gasteiger partial charge in [-0.3, -0.25) is 4.98 Å². The molecule has 0 spiro atoms. The van der Waals surface area contributed by atoms with Gasteiger partial charge in [0.1, 0.15) is 10.8 Å². The lowest BCUT2D eigenvalue weighted by Crippen LogP contribution is -2.10. The minimum Gasteiger partial charge on any atom is -0.383 e. The first-order valence-corrected chi connectivity index (χ1v) is 5.32. The number of nitrogen functional groups attached to an aromatic ring is 1. The summed E-state index contributed by atoms with van der Waals surface area (Å²) in [5, 5.41) is 4.60. The number of thiazole rings is 1. The lowest BCUT2D eigenvalue weighted by Gasteiger charge is -2.11. The molecule has 1 atom stereocenters. The highest BCUT2D eigenvalue weighted by Crippen LogP contribution is 2.26. The predicted octanol–water partition coefficient (Wildman–Crippen LogP) is 2.18. The molecule has 4 nitrogen and oxygen atoms in total. The van der Waals surface area contributed by atoms with Gasteiger partial charge in [0.25, 0.3) is 0 Å². The van der Waals surface area contributed by atoms with Crippen molar-refractivity contribution in [3.05, 3.63) is 27.8 Å². The molecule has 74 valence electrons. The van der Waals surface area contributed by atoms with Crippen molar-refractivity contribution < 1.29 is 0 Å². The van der Waals surface area contributed by atoms with Crippen molar-refractivity contribution in [2.45, 2.75) is 13.0 Å². The van der Waals surface area contributed by atoms with Crippen LogP contribution in [0.15, 0.2) is 17.9 Å². The van der Waals surface area contributed by atoms with Crippen LogP contribution in [0.5, 0.6) is 0 Å². The van der Waals surface area contributed by atoms with E-state index in [1.165, 1.54) is 0 Å². The molecule has 0 saturated carbocycles. The number of nitrogens with two attached hydrogens (primary N) is 1. The lowest BCUT2D eigenvalue weighted by molar-refractivity contribution is 0.580. The van der Waals surface area contributed by atoms with Crippen LogP contribution >= 0.6 is 22.9 Å². The summed E-state index contributed by atoms with van der Waals surface area (Å²) in [5.74, 6) is 0.493. The zero-order chi connectivity index (χ0) is 10.1. The Kier molecular flexibility index (Phi) is 2.43. The Morgan fingerprint density at radius 3 is 2.86 bits per heavy atom. The Balaban J connectivity index is 2.36. The van der Waals surface area contributed by atoms with Gasteiger partial charge < -0.3 is 5.73 Å². The Morgan fingerprint density at radius 2 is 2.36 bits per heavy atom. The maximum absolute atomic E-state index is 5.81. The van der Waals surface area contributed by atoms with Gasteiger partial charge in [-0.2, -0.15) is 5.10 Å². The average Bonchev–Trinajstić information content (AvgIpc) is 2.77. The van der Waals surface area contributed by atoms with E-state index in [0.717, 1.165) is 4.88 Å². The van der Waals surface area contributed by atoms with Gasteiger partial charge in [0.15, 0.2) is 0 Å². The van der Waals surface area contributed by atoms with Crippen LogP contribution < -0.4 is 5.73 Å². The smallest absolute Gasteiger partial charge is 0.141 e. The summed E-state index contributed by atoms with van der Waals surface area (Å²) in [6.45, 7) is 2.01. The zero-order valence-electron chi connectivity index (χ0n) is 7.51. The second-order valence-electron chi connectivity index (χ2n) is 2.90. The number of aromatic nitrogens is 3. The first-order chi connectivity index (χ1) is 6.70. The Morgan fingerprint density at radius 1 is 1.57 bits per heavy atom. The van der Waals surface area contributed by atoms with Gasteiger partial charge in [-0.25, -0.2) is 4.68 Å². The van der Waals surface area contributed by atoms with Crippen molar-refractivity contribution in [1.29, 1.82) is 0 Å². The summed E-state index contributed by atoms with van der Waals surface area (Å²) in [7, 11) is 0. The van der Waals surface area contributed by atoms with Crippen molar-refractivity contribution in [2.75, 3.05) is 5.73 Å². The van der Waals surface area contributed by atoms with Gasteiger partial charge in [0, 0.05) is 11.1 Å². The van der Waals surface area contributed by atoms with Gasteiger partial charge in [-0.05, 0) is 6.92 Å². The number of anilines is 1. The molecule has 2 N–H and O–H groups in total. The molecule has 2 heterocycles. The fourth-order valence-electron chi connectivity index (χ4n) is 1.21. The highest BCUT2D eigenvalue weighted by Gasteiger charge is 2.14. The number of halogens is 1. The van der Waals surface area contributed by atoms with Gasteiger partial charge in [-0.1, -0.05) is 11.6 Å². The van der Waals surface area contributed by atoms with Crippen molar-refractivity contribution in [3.8, 4) is 0 Å². The molecule has 0 aliphatic heterocycles. The average molecular weight is 229 g/mol. The second-order valence-corrected chi connectivity index (χ2v) is 4.23. The summed E-state index contributed by atoms with van der Waals surface area (Å²) in [4.78, 5) is 5.12. The Hall–Kier alpha value is -1.07. The third-order valence-electron chi connectivity index (χ3n) is 2.02. The topological polar surface area (TPSA) is 56.7 Å². The van der Waals surface area contributed by atoms with E-state index < -0.39 is 0 Å². The van der Waals surface area contributed by atoms with Crippen LogP contribution in [-0.2, 0) is 0 Å². The van der Waals surface area contributed by atoms with Crippen LogP contribution in [0.1, 0.15) is 17.8 Å². The molecule has 1 unspecified atom stereocenters. The summed E-state index contributed by atoms with van der Waals surface area (Å²) in [6, 6.07) is 0.0787. The fraction of sp³-hybridized carbons (Fsp3) is 0.250. The van der Waals surface area contributed by atoms with E-state index in [2.05, 4.69) is 10.1 Å². The molecule has 2 aromatic heterocycles. The van der Waals surface area contributed by atoms with Crippen LogP contribution in [0.25, 0.3) is 0 Å². The number of hydrogen-bond acceptors (Lipinski definition) is 4. The van der Waals surface area contributed by atoms with Gasteiger partial charge in [0.05, 0.1) is 17.7 Å². The largest absolute Gasteiger partial charge is 0.383 e. The maximum atomic E-state index is 5.81. The first kappa shape index (κ1) is 9.48. The SMILES string of the molecule is CC(c1cncs1)n1ncc(Cl)c1N. The molecule has 6 heteroatoms. The zero-order valence-corrected chi connectivity index (χ0v) is 9.09. The Bertz CT molecular complexity index is 422. The first-order valence-electron chi connectivity index (χ1n) is 4.07. The summed E-state index contributed by atoms with van der Waals surface area (Å²) in [5.41, 5.74) is 7.55. The summed E-state index contributed by atoms with van der Waals surface area (Å²) < 4.78 is 1.69. The quantitative estimate of drug-likeness (QED) is 0.857. The molecule has 0 aliphatic carbocycles. The second kappa shape index (κ2) is 3.59. The van der Waals surface area contributed by atoms with Crippen LogP contribution in [-0.4, -0.2) is 14.8 Å². The molecule has 14 heavy (non-hydrogen) atoms. The molecule has 0 aromatic carbocycles. The fourth-order valence-corrected chi connectivity index (χ4v) is 2.00. The molecular formula is C8H9ClN4S. The monoisotopic (exact) mass is 228 g/mol. The number of rotatable bonds is 2. The molecule has 0 bridgehead atoms. The molecule has 0 saturated heterocycles. The molecule has 0 radical (unpaired) electrons. The minimum atomic E-state index is 0.0787. The van der Waals surface area contributed by atoms with E-state index in [-0.39, 0.29) is 6.04 Å². The van der Waals surface area contributed by atoms with Crippen molar-refractivity contribution in [2.24, 2.45) is 0 Å². The molecule has 0 amide bonds. The normalized spacial score (nSPS) is 13.0. The Labute approximate surface area is 90.3 Å². The van der Waals surface area contributed by atoms with Gasteiger partial charge in [0.2, 0.25) is 0 Å². The van der Waals surface area contributed by atoms with E-state index in [9.17, 15) is 0 Å². The number of nitrogens with zero attached hydrogens (tertiary/aromatic N) is 3. The third kappa shape index (κ3) is 1.49. The third-order valence-corrected chi connectivity index (χ3v) is 3.25. The van der Waals surface area contributed by atoms with E-state index in [1.54, 1.807) is 27.7 Å². The molecule has 2 rings (SSSR count). The molecule has 0 aliphatic rings. The van der Waals surface area contributed by atoms with Gasteiger partial charge >= 0.3 is 0 Å². The van der Waals surface area contributed by atoms with E-state index in [1.807, 2.05) is 13.1 Å². The van der Waals surface area contributed by atoms with Crippen molar-refractivity contribution in [3.63, 3.8) is 0 Å². The van der Waals surface area contributed by atoms with E-state index in [0.29, 0.717) is 10.8 Å². The standard InChI is InChI=1S/C8H9ClN4S/c1-5(7-3-11-4-14-7)13-8(10)6(9)2-12-13/h2-5H,10H2,1H3. The van der Waals surface area contributed by atoms with E-state index in [4.69, 9.17) is 17.3 Å². The predicted molar refractivity (Wildman–Crippen MR) is 57.6 cm³/mol. The van der Waals surface area contributed by atoms with Crippen LogP contribution in [0.2, 0.25) is 5.02 Å². The minimum absolute atomic E-state index is 0.0787. The van der Waals surface area contributed by atoms with E-state index >= 15 is 0 Å². The summed E-state index contributed by atoms with van der Waals surface area (Å²) in [6.07, 6.45) is 3.36. The van der Waals surface area contributed by atoms with Gasteiger partial charge in [-0.15, -0.1) is 11.3 Å². The van der Waals surface area contributed by atoms with Crippen molar-refractivity contribution in [1.82, 2.24) is 14.8 Å². The highest BCUT2D eigenvalue weighted by molar-refractivity contribution is 7.09. The molecule has 2 aromatic rings. The van der Waals surface area contributed by atoms with Crippen molar-refractivity contribution >= 4 is 28.8 Å². The lowest BCUT2D eigenvalue weighted by atomic mass is 10.3. The summed E-state index contributed by atoms with van der Waals surface area (Å²) >= 11 is 7.39. The highest BCUT2D eigenvalue weighted by atomic mass is 35.5. The van der Waals surface area contributed by atoms with Crippen LogP contribution in [0, 0.1) is 0 Å². The van der Waals surface area contributed by atoms with Crippen LogP contribution in [0.4, 0.5) is 5.82 Å². The molecular weight excluding hydrogens is 220 g/mol. The van der Waals surface area contributed by atoms with Crippen LogP contribution in [0.3, 0.4) is 0 Å². The molecule has 0 fully saturated rings. The number of hydrogen-bond donors (Lipinski definition) is 1. The maximum Gasteiger partial charge on any atom is 0.141 e.